The molecule has 246 valence electrons. The molecule has 1 rings (SSSR count). The van der Waals surface area contributed by atoms with Gasteiger partial charge in [0.25, 0.3) is 0 Å². The molecule has 9 heteroatoms. The number of esters is 1. The van der Waals surface area contributed by atoms with E-state index in [1.807, 2.05) is 13.8 Å². The zero-order chi connectivity index (χ0) is 31.5. The van der Waals surface area contributed by atoms with Crippen LogP contribution in [-0.4, -0.2) is 59.1 Å². The number of carbonyl (C=O) groups is 3. The molecule has 0 bridgehead atoms. The molecule has 0 radical (unpaired) electrons. The van der Waals surface area contributed by atoms with Gasteiger partial charge in [-0.15, -0.1) is 0 Å². The van der Waals surface area contributed by atoms with Gasteiger partial charge in [0.1, 0.15) is 12.2 Å². The molecule has 0 aromatic heterocycles. The average Bonchev–Trinajstić information content (AvgIpc) is 2.89. The molecule has 9 nitrogen and oxygen atoms in total. The van der Waals surface area contributed by atoms with Crippen LogP contribution in [-0.2, 0) is 19.1 Å². The highest BCUT2D eigenvalue weighted by Crippen LogP contribution is 2.28. The molecule has 0 aromatic rings. The van der Waals surface area contributed by atoms with Gasteiger partial charge < -0.3 is 30.7 Å². The van der Waals surface area contributed by atoms with Crippen molar-refractivity contribution in [2.45, 2.75) is 162 Å². The predicted octanol–water partition coefficient (Wildman–Crippen LogP) is 6.02. The Kier molecular flexibility index (Phi) is 19.8. The summed E-state index contributed by atoms with van der Waals surface area (Å²) in [6.07, 6.45) is 8.34. The van der Waals surface area contributed by atoms with Crippen molar-refractivity contribution >= 4 is 18.0 Å². The fourth-order valence-corrected chi connectivity index (χ4v) is 5.96. The van der Waals surface area contributed by atoms with Gasteiger partial charge in [0.15, 0.2) is 0 Å². The number of hydrogen-bond acceptors (Lipinski definition) is 7. The van der Waals surface area contributed by atoms with Crippen molar-refractivity contribution in [3.63, 3.8) is 0 Å². The quantitative estimate of drug-likeness (QED) is 0.237. The maximum atomic E-state index is 12.8. The first-order chi connectivity index (χ1) is 19.9. The van der Waals surface area contributed by atoms with Crippen LogP contribution in [0.15, 0.2) is 0 Å². The summed E-state index contributed by atoms with van der Waals surface area (Å²) in [4.78, 5) is 36.2. The smallest absolute Gasteiger partial charge is 0.404 e. The molecule has 42 heavy (non-hydrogen) atoms. The van der Waals surface area contributed by atoms with Crippen molar-refractivity contribution in [1.29, 1.82) is 0 Å². The first-order valence-corrected chi connectivity index (χ1v) is 16.7. The van der Waals surface area contributed by atoms with Gasteiger partial charge >= 0.3 is 12.1 Å². The Morgan fingerprint density at radius 3 is 2.33 bits per heavy atom. The van der Waals surface area contributed by atoms with Crippen molar-refractivity contribution < 1.29 is 34.1 Å². The van der Waals surface area contributed by atoms with Gasteiger partial charge in [-0.3, -0.25) is 9.59 Å². The Morgan fingerprint density at radius 1 is 0.976 bits per heavy atom. The van der Waals surface area contributed by atoms with Crippen LogP contribution >= 0.6 is 0 Å². The highest BCUT2D eigenvalue weighted by molar-refractivity contribution is 5.76. The Labute approximate surface area is 255 Å². The first-order valence-electron chi connectivity index (χ1n) is 16.7. The molecule has 1 heterocycles. The lowest BCUT2D eigenvalue weighted by Gasteiger charge is -2.29. The number of primary amides is 1. The zero-order valence-electron chi connectivity index (χ0n) is 27.2. The van der Waals surface area contributed by atoms with Crippen molar-refractivity contribution in [1.82, 2.24) is 5.32 Å². The van der Waals surface area contributed by atoms with E-state index < -0.39 is 24.4 Å². The summed E-state index contributed by atoms with van der Waals surface area (Å²) in [6, 6.07) is 0. The molecular formula is C33H62N2O7. The second-order valence-electron chi connectivity index (χ2n) is 13.4. The topological polar surface area (TPSA) is 148 Å². The van der Waals surface area contributed by atoms with Crippen molar-refractivity contribution in [3.8, 4) is 0 Å². The molecule has 7 atom stereocenters. The number of hydrogen-bond donors (Lipinski definition) is 4. The standard InChI is InChI=1S/C33H62N2O7/c1-23(2)20-31(38)35-19-18-25(4)21-26(5)30-22-24(3)12-8-6-10-14-29(42-33(34)40)28(37)17-16-27(36)13-9-7-11-15-32(39)41-30/h23-30,36-37H,6-22H2,1-5H3,(H2,34,40)(H,35,38)/t24?,25?,26-,27+,28+,29+,30+/m0/s1. The molecule has 0 aromatic carbocycles. The number of cyclic esters (lactones) is 1. The summed E-state index contributed by atoms with van der Waals surface area (Å²) >= 11 is 0. The number of rotatable bonds is 9. The van der Waals surface area contributed by atoms with E-state index in [2.05, 4.69) is 26.1 Å². The van der Waals surface area contributed by atoms with Gasteiger partial charge in [-0.25, -0.2) is 4.79 Å². The lowest BCUT2D eigenvalue weighted by molar-refractivity contribution is -0.153. The molecule has 2 unspecified atom stereocenters. The predicted molar refractivity (Wildman–Crippen MR) is 166 cm³/mol. The molecule has 0 aliphatic carbocycles. The van der Waals surface area contributed by atoms with Crippen LogP contribution in [0.5, 0.6) is 0 Å². The van der Waals surface area contributed by atoms with E-state index in [1.54, 1.807) is 0 Å². The van der Waals surface area contributed by atoms with Crippen LogP contribution in [0.4, 0.5) is 4.79 Å². The van der Waals surface area contributed by atoms with Crippen LogP contribution < -0.4 is 11.1 Å². The van der Waals surface area contributed by atoms with Crippen LogP contribution in [0.25, 0.3) is 0 Å². The summed E-state index contributed by atoms with van der Waals surface area (Å²) in [5.74, 6) is 1.28. The van der Waals surface area contributed by atoms with Gasteiger partial charge in [0.2, 0.25) is 5.91 Å². The van der Waals surface area contributed by atoms with Gasteiger partial charge in [0, 0.05) is 19.4 Å². The van der Waals surface area contributed by atoms with Gasteiger partial charge in [-0.05, 0) is 81.5 Å². The second kappa shape index (κ2) is 21.8. The second-order valence-corrected chi connectivity index (χ2v) is 13.4. The van der Waals surface area contributed by atoms with Crippen molar-refractivity contribution in [2.24, 2.45) is 29.4 Å². The highest BCUT2D eigenvalue weighted by atomic mass is 16.6. The first kappa shape index (κ1) is 38.2. The molecule has 2 amide bonds. The fourth-order valence-electron chi connectivity index (χ4n) is 5.96. The van der Waals surface area contributed by atoms with E-state index in [0.717, 1.165) is 57.8 Å². The summed E-state index contributed by atoms with van der Waals surface area (Å²) < 4.78 is 11.3. The molecule has 1 saturated heterocycles. The third-order valence-corrected chi connectivity index (χ3v) is 8.48. The monoisotopic (exact) mass is 598 g/mol. The summed E-state index contributed by atoms with van der Waals surface area (Å²) in [5, 5.41) is 24.0. The van der Waals surface area contributed by atoms with Crippen molar-refractivity contribution in [2.75, 3.05) is 6.54 Å². The molecule has 5 N–H and O–H groups in total. The molecule has 1 fully saturated rings. The normalized spacial score (nSPS) is 27.8. The lowest BCUT2D eigenvalue weighted by Crippen LogP contribution is -2.34. The number of aliphatic hydroxyl groups excluding tert-OH is 2. The zero-order valence-corrected chi connectivity index (χ0v) is 27.2. The summed E-state index contributed by atoms with van der Waals surface area (Å²) in [5.41, 5.74) is 5.24. The van der Waals surface area contributed by atoms with Crippen LogP contribution in [0, 0.1) is 23.7 Å². The maximum Gasteiger partial charge on any atom is 0.404 e. The van der Waals surface area contributed by atoms with Crippen molar-refractivity contribution in [3.05, 3.63) is 0 Å². The largest absolute Gasteiger partial charge is 0.462 e. The molecule has 1 aliphatic rings. The Bertz CT molecular complexity index is 763. The minimum absolute atomic E-state index is 0.102. The molecule has 0 spiro atoms. The van der Waals surface area contributed by atoms with Gasteiger partial charge in [0.05, 0.1) is 12.2 Å². The third-order valence-electron chi connectivity index (χ3n) is 8.48. The third kappa shape index (κ3) is 18.6. The SMILES string of the molecule is CC(C)CC(=O)NCCC(C)C[C@H](C)[C@H]1CC(C)CCCCC[C@@H](OC(N)=O)[C@H](O)CC[C@H](O)CCCCCC(=O)O1. The Hall–Kier alpha value is -1.87. The number of ether oxygens (including phenoxy) is 2. The summed E-state index contributed by atoms with van der Waals surface area (Å²) in [6.45, 7) is 11.3. The van der Waals surface area contributed by atoms with E-state index >= 15 is 0 Å². The number of nitrogens with one attached hydrogen (secondary N) is 1. The van der Waals surface area contributed by atoms with Crippen LogP contribution in [0.1, 0.15) is 137 Å². The number of amides is 2. The number of nitrogens with two attached hydrogens (primary N) is 1. The minimum atomic E-state index is -0.886. The van der Waals surface area contributed by atoms with E-state index in [0.29, 0.717) is 69.2 Å². The number of aliphatic hydroxyl groups is 2. The van der Waals surface area contributed by atoms with Crippen LogP contribution in [0.2, 0.25) is 0 Å². The lowest BCUT2D eigenvalue weighted by atomic mass is 9.85. The van der Waals surface area contributed by atoms with E-state index in [-0.39, 0.29) is 23.9 Å². The molecule has 0 saturated carbocycles. The molecule has 1 aliphatic heterocycles. The highest BCUT2D eigenvalue weighted by Gasteiger charge is 2.26. The van der Waals surface area contributed by atoms with E-state index in [4.69, 9.17) is 15.2 Å². The fraction of sp³-hybridized carbons (Fsp3) is 0.909. The average molecular weight is 599 g/mol. The molecular weight excluding hydrogens is 536 g/mol. The van der Waals surface area contributed by atoms with Gasteiger partial charge in [-0.2, -0.15) is 0 Å². The Balaban J connectivity index is 2.75. The van der Waals surface area contributed by atoms with E-state index in [9.17, 15) is 24.6 Å². The summed E-state index contributed by atoms with van der Waals surface area (Å²) in [7, 11) is 0. The Morgan fingerprint density at radius 2 is 1.64 bits per heavy atom. The number of carbonyl (C=O) groups excluding carboxylic acids is 3. The maximum absolute atomic E-state index is 12.8. The minimum Gasteiger partial charge on any atom is -0.462 e. The van der Waals surface area contributed by atoms with E-state index in [1.165, 1.54) is 0 Å². The van der Waals surface area contributed by atoms with Crippen LogP contribution in [0.3, 0.4) is 0 Å². The van der Waals surface area contributed by atoms with Gasteiger partial charge in [-0.1, -0.05) is 66.7 Å².